The minimum atomic E-state index is -3.34. The maximum atomic E-state index is 12.6. The third-order valence-electron chi connectivity index (χ3n) is 4.11. The third kappa shape index (κ3) is 4.03. The molecule has 0 atom stereocenters. The summed E-state index contributed by atoms with van der Waals surface area (Å²) in [5.41, 5.74) is 2.59. The van der Waals surface area contributed by atoms with Crippen LogP contribution in [0.2, 0.25) is 0 Å². The molecule has 0 bridgehead atoms. The molecule has 23 heavy (non-hydrogen) atoms. The lowest BCUT2D eigenvalue weighted by Crippen LogP contribution is -3.13. The molecule has 1 aromatic heterocycles. The molecule has 124 valence electrons. The van der Waals surface area contributed by atoms with E-state index in [1.807, 2.05) is 0 Å². The zero-order valence-corrected chi connectivity index (χ0v) is 16.2. The number of thiophene rings is 1. The van der Waals surface area contributed by atoms with Crippen LogP contribution in [-0.4, -0.2) is 38.9 Å². The second-order valence-corrected chi connectivity index (χ2v) is 10.5. The summed E-state index contributed by atoms with van der Waals surface area (Å²) in [6.07, 6.45) is 0. The highest BCUT2D eigenvalue weighted by Gasteiger charge is 2.31. The van der Waals surface area contributed by atoms with E-state index in [9.17, 15) is 8.42 Å². The Kier molecular flexibility index (Phi) is 5.22. The van der Waals surface area contributed by atoms with Crippen LogP contribution in [0.3, 0.4) is 0 Å². The van der Waals surface area contributed by atoms with Crippen molar-refractivity contribution in [3.05, 3.63) is 51.3 Å². The largest absolute Gasteiger partial charge is 0.329 e. The van der Waals surface area contributed by atoms with Gasteiger partial charge >= 0.3 is 0 Å². The maximum absolute atomic E-state index is 12.6. The van der Waals surface area contributed by atoms with Crippen molar-refractivity contribution in [2.45, 2.75) is 17.7 Å². The molecule has 0 saturated carbocycles. The number of nitrogens with zero attached hydrogens (tertiary/aromatic N) is 1. The normalized spacial score (nSPS) is 17.5. The number of hydrogen-bond acceptors (Lipinski definition) is 3. The minimum Gasteiger partial charge on any atom is -0.329 e. The van der Waals surface area contributed by atoms with Gasteiger partial charge in [-0.2, -0.15) is 4.31 Å². The van der Waals surface area contributed by atoms with Crippen LogP contribution in [0.15, 0.2) is 44.4 Å². The lowest BCUT2D eigenvalue weighted by atomic mass is 10.1. The average molecular weight is 416 g/mol. The fraction of sp³-hybridized carbons (Fsp3) is 0.375. The number of piperazine rings is 1. The molecular weight excluding hydrogens is 396 g/mol. The molecule has 0 aliphatic carbocycles. The van der Waals surface area contributed by atoms with Crippen LogP contribution < -0.4 is 4.90 Å². The molecule has 1 aliphatic heterocycles. The SMILES string of the molecule is Cc1cccc(C[NH+]2CCN(S(=O)(=O)c3ccc(Br)s3)CC2)c1. The average Bonchev–Trinajstić information content (AvgIpc) is 2.95. The molecule has 2 aromatic rings. The first-order valence-corrected chi connectivity index (χ1v) is 10.6. The second-order valence-electron chi connectivity index (χ2n) is 5.88. The molecule has 7 heteroatoms. The smallest absolute Gasteiger partial charge is 0.252 e. The molecule has 0 spiro atoms. The van der Waals surface area contributed by atoms with Crippen LogP contribution >= 0.6 is 27.3 Å². The fourth-order valence-electron chi connectivity index (χ4n) is 2.89. The molecule has 2 heterocycles. The number of quaternary nitrogens is 1. The van der Waals surface area contributed by atoms with Gasteiger partial charge in [0.15, 0.2) is 0 Å². The topological polar surface area (TPSA) is 41.8 Å². The van der Waals surface area contributed by atoms with Gasteiger partial charge in [0.05, 0.1) is 30.0 Å². The van der Waals surface area contributed by atoms with Gasteiger partial charge in [-0.15, -0.1) is 11.3 Å². The standard InChI is InChI=1S/C16H19BrN2O2S2/c1-13-3-2-4-14(11-13)12-18-7-9-19(10-8-18)23(20,21)16-6-5-15(17)22-16/h2-6,11H,7-10,12H2,1H3/p+1. The van der Waals surface area contributed by atoms with E-state index in [0.717, 1.165) is 23.4 Å². The quantitative estimate of drug-likeness (QED) is 0.828. The lowest BCUT2D eigenvalue weighted by Gasteiger charge is -2.31. The van der Waals surface area contributed by atoms with Gasteiger partial charge in [0.1, 0.15) is 10.8 Å². The van der Waals surface area contributed by atoms with Crippen molar-refractivity contribution in [3.8, 4) is 0 Å². The predicted molar refractivity (Wildman–Crippen MR) is 96.4 cm³/mol. The second kappa shape index (κ2) is 7.03. The van der Waals surface area contributed by atoms with Gasteiger partial charge in [-0.05, 0) is 35.0 Å². The Morgan fingerprint density at radius 1 is 1.22 bits per heavy atom. The highest BCUT2D eigenvalue weighted by molar-refractivity contribution is 9.11. The number of halogens is 1. The molecule has 1 fully saturated rings. The van der Waals surface area contributed by atoms with Gasteiger partial charge in [-0.1, -0.05) is 29.8 Å². The summed E-state index contributed by atoms with van der Waals surface area (Å²) >= 11 is 4.61. The highest BCUT2D eigenvalue weighted by Crippen LogP contribution is 2.28. The molecular formula is C16H20BrN2O2S2+. The molecule has 1 N–H and O–H groups in total. The zero-order valence-electron chi connectivity index (χ0n) is 13.0. The van der Waals surface area contributed by atoms with E-state index in [1.165, 1.54) is 27.4 Å². The lowest BCUT2D eigenvalue weighted by molar-refractivity contribution is -0.917. The van der Waals surface area contributed by atoms with Crippen LogP contribution in [0.5, 0.6) is 0 Å². The first-order chi connectivity index (χ1) is 10.9. The molecule has 1 aliphatic rings. The summed E-state index contributed by atoms with van der Waals surface area (Å²) in [7, 11) is -3.34. The first kappa shape index (κ1) is 17.1. The summed E-state index contributed by atoms with van der Waals surface area (Å²) < 4.78 is 28.1. The van der Waals surface area contributed by atoms with E-state index in [-0.39, 0.29) is 0 Å². The van der Waals surface area contributed by atoms with E-state index < -0.39 is 10.0 Å². The van der Waals surface area contributed by atoms with Gasteiger partial charge in [-0.25, -0.2) is 8.42 Å². The molecule has 1 saturated heterocycles. The Morgan fingerprint density at radius 3 is 2.57 bits per heavy atom. The third-order valence-corrected chi connectivity index (χ3v) is 8.10. The van der Waals surface area contributed by atoms with E-state index in [2.05, 4.69) is 47.1 Å². The van der Waals surface area contributed by atoms with Crippen LogP contribution in [0, 0.1) is 6.92 Å². The van der Waals surface area contributed by atoms with Crippen molar-refractivity contribution in [1.82, 2.24) is 4.31 Å². The summed E-state index contributed by atoms with van der Waals surface area (Å²) in [6.45, 7) is 5.92. The van der Waals surface area contributed by atoms with Crippen LogP contribution in [-0.2, 0) is 16.6 Å². The van der Waals surface area contributed by atoms with Crippen LogP contribution in [0.1, 0.15) is 11.1 Å². The molecule has 1 aromatic carbocycles. The van der Waals surface area contributed by atoms with E-state index in [0.29, 0.717) is 17.3 Å². The summed E-state index contributed by atoms with van der Waals surface area (Å²) in [4.78, 5) is 1.44. The van der Waals surface area contributed by atoms with Gasteiger partial charge in [0, 0.05) is 5.56 Å². The first-order valence-electron chi connectivity index (χ1n) is 7.60. The van der Waals surface area contributed by atoms with Crippen LogP contribution in [0.25, 0.3) is 0 Å². The zero-order chi connectivity index (χ0) is 16.4. The summed E-state index contributed by atoms with van der Waals surface area (Å²) in [5.74, 6) is 0. The van der Waals surface area contributed by atoms with Crippen molar-refractivity contribution in [2.24, 2.45) is 0 Å². The number of sulfonamides is 1. The molecule has 0 unspecified atom stereocenters. The van der Waals surface area contributed by atoms with Crippen LogP contribution in [0.4, 0.5) is 0 Å². The van der Waals surface area contributed by atoms with E-state index in [4.69, 9.17) is 0 Å². The maximum Gasteiger partial charge on any atom is 0.252 e. The Balaban J connectivity index is 1.62. The Morgan fingerprint density at radius 2 is 1.96 bits per heavy atom. The fourth-order valence-corrected chi connectivity index (χ4v) is 6.50. The van der Waals surface area contributed by atoms with Crippen molar-refractivity contribution >= 4 is 37.3 Å². The summed E-state index contributed by atoms with van der Waals surface area (Å²) in [5, 5.41) is 0. The predicted octanol–water partition coefficient (Wildman–Crippen LogP) is 1.91. The molecule has 0 amide bonds. The van der Waals surface area contributed by atoms with Gasteiger partial charge < -0.3 is 4.90 Å². The Bertz CT molecular complexity index is 781. The molecule has 4 nitrogen and oxygen atoms in total. The van der Waals surface area contributed by atoms with Crippen molar-refractivity contribution in [1.29, 1.82) is 0 Å². The van der Waals surface area contributed by atoms with Gasteiger partial charge in [-0.3, -0.25) is 0 Å². The number of benzene rings is 1. The number of rotatable bonds is 4. The Labute approximate surface area is 149 Å². The monoisotopic (exact) mass is 415 g/mol. The van der Waals surface area contributed by atoms with Gasteiger partial charge in [0.2, 0.25) is 0 Å². The Hall–Kier alpha value is -0.730. The van der Waals surface area contributed by atoms with Gasteiger partial charge in [0.25, 0.3) is 10.0 Å². The number of aryl methyl sites for hydroxylation is 1. The highest BCUT2D eigenvalue weighted by atomic mass is 79.9. The number of nitrogens with one attached hydrogen (secondary N) is 1. The molecule has 0 radical (unpaired) electrons. The van der Waals surface area contributed by atoms with E-state index in [1.54, 1.807) is 16.4 Å². The van der Waals surface area contributed by atoms with Crippen molar-refractivity contribution in [3.63, 3.8) is 0 Å². The van der Waals surface area contributed by atoms with E-state index >= 15 is 0 Å². The summed E-state index contributed by atoms with van der Waals surface area (Å²) in [6, 6.07) is 12.0. The van der Waals surface area contributed by atoms with Crippen molar-refractivity contribution in [2.75, 3.05) is 26.2 Å². The number of hydrogen-bond donors (Lipinski definition) is 1. The molecule has 3 rings (SSSR count). The van der Waals surface area contributed by atoms with Crippen molar-refractivity contribution < 1.29 is 13.3 Å². The minimum absolute atomic E-state index is 0.423.